The van der Waals surface area contributed by atoms with Gasteiger partial charge in [0.1, 0.15) is 11.2 Å². The summed E-state index contributed by atoms with van der Waals surface area (Å²) in [5.41, 5.74) is -1.49. The van der Waals surface area contributed by atoms with Gasteiger partial charge >= 0.3 is 12.2 Å². The second-order valence-corrected chi connectivity index (χ2v) is 13.3. The summed E-state index contributed by atoms with van der Waals surface area (Å²) in [4.78, 5) is 59.9. The van der Waals surface area contributed by atoms with Gasteiger partial charge in [-0.15, -0.1) is 22.7 Å². The summed E-state index contributed by atoms with van der Waals surface area (Å²) in [7, 11) is 0. The Bertz CT molecular complexity index is 1290. The molecular weight excluding hydrogens is 524 g/mol. The first-order valence-corrected chi connectivity index (χ1v) is 14.1. The van der Waals surface area contributed by atoms with Gasteiger partial charge in [-0.1, -0.05) is 13.8 Å². The van der Waals surface area contributed by atoms with E-state index in [0.29, 0.717) is 9.75 Å². The molecule has 0 bridgehead atoms. The maximum absolute atomic E-state index is 14.0. The van der Waals surface area contributed by atoms with Crippen LogP contribution in [0.4, 0.5) is 9.59 Å². The predicted molar refractivity (Wildman–Crippen MR) is 147 cm³/mol. The molecule has 4 rings (SSSR count). The van der Waals surface area contributed by atoms with E-state index >= 15 is 0 Å². The first kappa shape index (κ1) is 27.8. The number of hydrogen-bond donors (Lipinski definition) is 0. The number of carbonyl (C=O) groups excluding carboxylic acids is 4. The zero-order valence-corrected chi connectivity index (χ0v) is 24.5. The van der Waals surface area contributed by atoms with E-state index in [1.807, 2.05) is 26.0 Å². The lowest BCUT2D eigenvalue weighted by Gasteiger charge is -2.27. The van der Waals surface area contributed by atoms with Gasteiger partial charge < -0.3 is 9.47 Å². The summed E-state index contributed by atoms with van der Waals surface area (Å²) in [6.45, 7) is 14.2. The van der Waals surface area contributed by atoms with Crippen molar-refractivity contribution >= 4 is 58.1 Å². The van der Waals surface area contributed by atoms with E-state index in [1.54, 1.807) is 53.7 Å². The first-order chi connectivity index (χ1) is 17.7. The molecule has 8 nitrogen and oxygen atoms in total. The van der Waals surface area contributed by atoms with Crippen LogP contribution in [-0.2, 0) is 31.9 Å². The maximum atomic E-state index is 14.0. The van der Waals surface area contributed by atoms with Crippen molar-refractivity contribution in [2.45, 2.75) is 79.4 Å². The van der Waals surface area contributed by atoms with Gasteiger partial charge in [0.25, 0.3) is 11.8 Å². The van der Waals surface area contributed by atoms with Gasteiger partial charge in [-0.3, -0.25) is 9.59 Å². The zero-order chi connectivity index (χ0) is 28.2. The van der Waals surface area contributed by atoms with Crippen LogP contribution in [0.5, 0.6) is 0 Å². The summed E-state index contributed by atoms with van der Waals surface area (Å²) in [5.74, 6) is -1.42. The van der Waals surface area contributed by atoms with Gasteiger partial charge in [0.15, 0.2) is 0 Å². The van der Waals surface area contributed by atoms with E-state index in [0.717, 1.165) is 32.4 Å². The van der Waals surface area contributed by atoms with Gasteiger partial charge in [-0.25, -0.2) is 19.4 Å². The maximum Gasteiger partial charge on any atom is 0.422 e. The molecule has 0 spiro atoms. The molecule has 0 aliphatic carbocycles. The van der Waals surface area contributed by atoms with Crippen molar-refractivity contribution in [1.29, 1.82) is 0 Å². The SMILES string of the molecule is CCc1ccc(C2=C3C(=O)N(C(=O)OC(C)(C)C)C(c4ccc(CC)s4)=C3C(=O)N2C(=O)OC(C)(C)C)s1. The molecule has 10 heteroatoms. The number of imide groups is 2. The van der Waals surface area contributed by atoms with Crippen LogP contribution in [0, 0.1) is 0 Å². The Kier molecular flexibility index (Phi) is 7.18. The van der Waals surface area contributed by atoms with E-state index in [2.05, 4.69) is 0 Å². The molecule has 202 valence electrons. The van der Waals surface area contributed by atoms with E-state index in [4.69, 9.17) is 9.47 Å². The van der Waals surface area contributed by atoms with Crippen LogP contribution in [0.1, 0.15) is 74.9 Å². The molecule has 0 fully saturated rings. The molecule has 0 atom stereocenters. The molecule has 2 aliphatic heterocycles. The van der Waals surface area contributed by atoms with Crippen molar-refractivity contribution in [3.8, 4) is 0 Å². The minimum Gasteiger partial charge on any atom is -0.443 e. The van der Waals surface area contributed by atoms with Crippen molar-refractivity contribution in [3.05, 3.63) is 54.9 Å². The molecule has 0 N–H and O–H groups in total. The minimum atomic E-state index is -0.880. The lowest BCUT2D eigenvalue weighted by atomic mass is 10.1. The summed E-state index contributed by atoms with van der Waals surface area (Å²) in [5, 5.41) is 0. The molecule has 0 saturated heterocycles. The van der Waals surface area contributed by atoms with Crippen LogP contribution in [0.2, 0.25) is 0 Å². The van der Waals surface area contributed by atoms with Gasteiger partial charge in [-0.05, 0) is 78.6 Å². The van der Waals surface area contributed by atoms with Crippen molar-refractivity contribution in [3.63, 3.8) is 0 Å². The quantitative estimate of drug-likeness (QED) is 0.421. The Hall–Kier alpha value is -3.24. The van der Waals surface area contributed by atoms with Crippen LogP contribution in [-0.4, -0.2) is 45.0 Å². The number of carbonyl (C=O) groups is 4. The molecular formula is C28H32N2O6S2. The molecule has 2 aromatic rings. The van der Waals surface area contributed by atoms with Gasteiger partial charge in [-0.2, -0.15) is 0 Å². The molecule has 0 unspecified atom stereocenters. The summed E-state index contributed by atoms with van der Waals surface area (Å²) >= 11 is 2.76. The third-order valence-electron chi connectivity index (χ3n) is 5.64. The Morgan fingerprint density at radius 3 is 1.29 bits per heavy atom. The topological polar surface area (TPSA) is 93.2 Å². The van der Waals surface area contributed by atoms with Crippen molar-refractivity contribution < 1.29 is 28.7 Å². The zero-order valence-electron chi connectivity index (χ0n) is 22.9. The molecule has 0 saturated carbocycles. The third-order valence-corrected chi connectivity index (χ3v) is 8.12. The molecule has 0 aromatic carbocycles. The van der Waals surface area contributed by atoms with Crippen molar-refractivity contribution in [1.82, 2.24) is 9.80 Å². The summed E-state index contributed by atoms with van der Waals surface area (Å²) in [6, 6.07) is 7.35. The largest absolute Gasteiger partial charge is 0.443 e. The second kappa shape index (κ2) is 9.81. The van der Waals surface area contributed by atoms with Crippen molar-refractivity contribution in [2.24, 2.45) is 0 Å². The molecule has 2 aromatic heterocycles. The van der Waals surface area contributed by atoms with Crippen LogP contribution in [0.15, 0.2) is 35.4 Å². The molecule has 0 radical (unpaired) electrons. The average molecular weight is 557 g/mol. The van der Waals surface area contributed by atoms with Gasteiger partial charge in [0.05, 0.1) is 32.3 Å². The van der Waals surface area contributed by atoms with E-state index < -0.39 is 35.2 Å². The number of rotatable bonds is 4. The fourth-order valence-corrected chi connectivity index (χ4v) is 6.10. The highest BCUT2D eigenvalue weighted by molar-refractivity contribution is 7.13. The average Bonchev–Trinajstić information content (AvgIpc) is 3.55. The van der Waals surface area contributed by atoms with E-state index in [9.17, 15) is 19.2 Å². The number of fused-ring (bicyclic) bond motifs is 1. The lowest BCUT2D eigenvalue weighted by Crippen LogP contribution is -2.40. The van der Waals surface area contributed by atoms with Crippen LogP contribution in [0.3, 0.4) is 0 Å². The minimum absolute atomic E-state index is 0.00216. The Morgan fingerprint density at radius 2 is 1.03 bits per heavy atom. The highest BCUT2D eigenvalue weighted by atomic mass is 32.1. The normalized spacial score (nSPS) is 16.1. The predicted octanol–water partition coefficient (Wildman–Crippen LogP) is 6.61. The Balaban J connectivity index is 2.00. The number of nitrogens with zero attached hydrogens (tertiary/aromatic N) is 2. The lowest BCUT2D eigenvalue weighted by molar-refractivity contribution is -0.123. The smallest absolute Gasteiger partial charge is 0.422 e. The number of thiophene rings is 2. The van der Waals surface area contributed by atoms with E-state index in [1.165, 1.54) is 22.7 Å². The van der Waals surface area contributed by atoms with Crippen molar-refractivity contribution in [2.75, 3.05) is 0 Å². The highest BCUT2D eigenvalue weighted by Gasteiger charge is 2.54. The van der Waals surface area contributed by atoms with Gasteiger partial charge in [0, 0.05) is 9.75 Å². The summed E-state index contributed by atoms with van der Waals surface area (Å²) < 4.78 is 11.2. The Labute approximate surface area is 230 Å². The molecule has 4 amide bonds. The molecule has 2 aliphatic rings. The molecule has 4 heterocycles. The van der Waals surface area contributed by atoms with Crippen LogP contribution >= 0.6 is 22.7 Å². The monoisotopic (exact) mass is 556 g/mol. The number of aryl methyl sites for hydroxylation is 2. The van der Waals surface area contributed by atoms with Gasteiger partial charge in [0.2, 0.25) is 0 Å². The first-order valence-electron chi connectivity index (χ1n) is 12.5. The van der Waals surface area contributed by atoms with Crippen LogP contribution in [0.25, 0.3) is 11.4 Å². The fraction of sp³-hybridized carbons (Fsp3) is 0.429. The molecule has 38 heavy (non-hydrogen) atoms. The highest BCUT2D eigenvalue weighted by Crippen LogP contribution is 2.49. The fourth-order valence-electron chi connectivity index (χ4n) is 4.12. The van der Waals surface area contributed by atoms with Crippen LogP contribution < -0.4 is 0 Å². The summed E-state index contributed by atoms with van der Waals surface area (Å²) in [6.07, 6.45) is -0.270. The third kappa shape index (κ3) is 5.07. The standard InChI is InChI=1S/C28H32N2O6S2/c1-9-15-11-13-17(37-15)21-19-20(24(32)29(21)25(33)35-27(3,4)5)22(18-14-12-16(10-2)38-18)30(23(19)31)26(34)36-28(6,7)8/h11-14H,9-10H2,1-8H3. The number of ether oxygens (including phenoxy) is 2. The van der Waals surface area contributed by atoms with E-state index in [-0.39, 0.29) is 22.5 Å². The number of amides is 4. The second-order valence-electron chi connectivity index (χ2n) is 10.9. The number of hydrogen-bond acceptors (Lipinski definition) is 8. The Morgan fingerprint density at radius 1 is 0.684 bits per heavy atom.